The molecule has 1 unspecified atom stereocenters. The molecule has 1 atom stereocenters. The maximum atomic E-state index is 13.5. The maximum Gasteiger partial charge on any atom is 0.151 e. The van der Waals surface area contributed by atoms with Crippen LogP contribution in [-0.4, -0.2) is 37.6 Å². The quantitative estimate of drug-likeness (QED) is 0.780. The molecule has 0 saturated carbocycles. The van der Waals surface area contributed by atoms with E-state index in [0.29, 0.717) is 5.69 Å². The molecule has 5 heteroatoms. The fourth-order valence-corrected chi connectivity index (χ4v) is 2.54. The standard InChI is InChI=1S/C13H19F2N3/c1-9-8-17(2)4-3-5-18(9)12-7-10(14)6-11(15)13(12)16/h6-7,9H,3-5,8,16H2,1-2H3. The van der Waals surface area contributed by atoms with Crippen LogP contribution in [0.4, 0.5) is 20.2 Å². The predicted octanol–water partition coefficient (Wildman–Crippen LogP) is 2.08. The van der Waals surface area contributed by atoms with Gasteiger partial charge in [0.2, 0.25) is 0 Å². The number of anilines is 2. The first kappa shape index (κ1) is 13.1. The van der Waals surface area contributed by atoms with E-state index >= 15 is 0 Å². The van der Waals surface area contributed by atoms with Crippen LogP contribution in [0.2, 0.25) is 0 Å². The highest BCUT2D eigenvalue weighted by molar-refractivity contribution is 5.68. The fourth-order valence-electron chi connectivity index (χ4n) is 2.54. The summed E-state index contributed by atoms with van der Waals surface area (Å²) in [6.45, 7) is 4.65. The summed E-state index contributed by atoms with van der Waals surface area (Å²) >= 11 is 0. The van der Waals surface area contributed by atoms with E-state index in [2.05, 4.69) is 11.9 Å². The smallest absolute Gasteiger partial charge is 0.151 e. The Morgan fingerprint density at radius 3 is 2.72 bits per heavy atom. The number of benzene rings is 1. The second-order valence-electron chi connectivity index (χ2n) is 4.98. The number of rotatable bonds is 1. The molecule has 1 aromatic carbocycles. The summed E-state index contributed by atoms with van der Waals surface area (Å²) in [4.78, 5) is 4.21. The van der Waals surface area contributed by atoms with Crippen LogP contribution in [0.5, 0.6) is 0 Å². The van der Waals surface area contributed by atoms with Crippen LogP contribution in [-0.2, 0) is 0 Å². The molecule has 3 nitrogen and oxygen atoms in total. The van der Waals surface area contributed by atoms with E-state index in [-0.39, 0.29) is 11.7 Å². The van der Waals surface area contributed by atoms with Gasteiger partial charge in [-0.25, -0.2) is 8.78 Å². The number of likely N-dealkylation sites (N-methyl/N-ethyl adjacent to an activating group) is 1. The van der Waals surface area contributed by atoms with E-state index in [4.69, 9.17) is 5.73 Å². The number of nitrogens with two attached hydrogens (primary N) is 1. The second-order valence-corrected chi connectivity index (χ2v) is 4.98. The first-order chi connectivity index (χ1) is 8.49. The van der Waals surface area contributed by atoms with Crippen molar-refractivity contribution in [3.8, 4) is 0 Å². The average molecular weight is 255 g/mol. The second kappa shape index (κ2) is 5.10. The molecule has 0 aromatic heterocycles. The van der Waals surface area contributed by atoms with E-state index in [9.17, 15) is 8.78 Å². The summed E-state index contributed by atoms with van der Waals surface area (Å²) in [6, 6.07) is 2.33. The van der Waals surface area contributed by atoms with Crippen LogP contribution in [0.25, 0.3) is 0 Å². The minimum absolute atomic E-state index is 0.0350. The van der Waals surface area contributed by atoms with Gasteiger partial charge >= 0.3 is 0 Å². The first-order valence-electron chi connectivity index (χ1n) is 6.18. The van der Waals surface area contributed by atoms with Crippen LogP contribution >= 0.6 is 0 Å². The Labute approximate surface area is 106 Å². The molecular formula is C13H19F2N3. The fraction of sp³-hybridized carbons (Fsp3) is 0.538. The van der Waals surface area contributed by atoms with Crippen molar-refractivity contribution in [3.05, 3.63) is 23.8 Å². The Morgan fingerprint density at radius 1 is 1.28 bits per heavy atom. The summed E-state index contributed by atoms with van der Waals surface area (Å²) < 4.78 is 26.8. The Bertz CT molecular complexity index is 436. The lowest BCUT2D eigenvalue weighted by molar-refractivity contribution is 0.337. The molecule has 1 heterocycles. The average Bonchev–Trinajstić information content (AvgIpc) is 2.45. The van der Waals surface area contributed by atoms with Gasteiger partial charge in [-0.2, -0.15) is 0 Å². The molecule has 100 valence electrons. The molecule has 18 heavy (non-hydrogen) atoms. The highest BCUT2D eigenvalue weighted by Crippen LogP contribution is 2.29. The number of nitrogen functional groups attached to an aromatic ring is 1. The molecule has 0 spiro atoms. The maximum absolute atomic E-state index is 13.5. The number of halogens is 2. The zero-order valence-corrected chi connectivity index (χ0v) is 10.8. The van der Waals surface area contributed by atoms with Gasteiger partial charge in [0.05, 0.1) is 11.4 Å². The van der Waals surface area contributed by atoms with Gasteiger partial charge in [0, 0.05) is 25.2 Å². The Balaban J connectivity index is 2.35. The summed E-state index contributed by atoms with van der Waals surface area (Å²) in [6.07, 6.45) is 0.957. The van der Waals surface area contributed by atoms with Crippen molar-refractivity contribution in [2.75, 3.05) is 37.3 Å². The van der Waals surface area contributed by atoms with Crippen molar-refractivity contribution in [3.63, 3.8) is 0 Å². The number of hydrogen-bond acceptors (Lipinski definition) is 3. The van der Waals surface area contributed by atoms with Crippen LogP contribution in [0.15, 0.2) is 12.1 Å². The largest absolute Gasteiger partial charge is 0.395 e. The van der Waals surface area contributed by atoms with Crippen molar-refractivity contribution in [2.45, 2.75) is 19.4 Å². The zero-order valence-electron chi connectivity index (χ0n) is 10.8. The summed E-state index contributed by atoms with van der Waals surface area (Å²) in [7, 11) is 2.05. The lowest BCUT2D eigenvalue weighted by Crippen LogP contribution is -2.38. The van der Waals surface area contributed by atoms with Crippen molar-refractivity contribution in [1.29, 1.82) is 0 Å². The third-order valence-corrected chi connectivity index (χ3v) is 3.43. The monoisotopic (exact) mass is 255 g/mol. The normalized spacial score (nSPS) is 22.0. The van der Waals surface area contributed by atoms with E-state index in [1.807, 2.05) is 11.8 Å². The molecule has 0 radical (unpaired) electrons. The van der Waals surface area contributed by atoms with Gasteiger partial charge in [-0.05, 0) is 33.0 Å². The number of nitrogens with zero attached hydrogens (tertiary/aromatic N) is 2. The summed E-state index contributed by atoms with van der Waals surface area (Å²) in [5.41, 5.74) is 6.24. The predicted molar refractivity (Wildman–Crippen MR) is 69.7 cm³/mol. The lowest BCUT2D eigenvalue weighted by Gasteiger charge is -2.31. The Morgan fingerprint density at radius 2 is 2.00 bits per heavy atom. The Hall–Kier alpha value is -1.36. The number of hydrogen-bond donors (Lipinski definition) is 1. The first-order valence-corrected chi connectivity index (χ1v) is 6.18. The van der Waals surface area contributed by atoms with Crippen LogP contribution in [0, 0.1) is 11.6 Å². The van der Waals surface area contributed by atoms with Crippen molar-refractivity contribution >= 4 is 11.4 Å². The van der Waals surface area contributed by atoms with Gasteiger partial charge in [0.25, 0.3) is 0 Å². The van der Waals surface area contributed by atoms with E-state index in [1.165, 1.54) is 6.07 Å². The molecule has 0 aliphatic carbocycles. The highest BCUT2D eigenvalue weighted by atomic mass is 19.1. The highest BCUT2D eigenvalue weighted by Gasteiger charge is 2.23. The molecule has 2 N–H and O–H groups in total. The van der Waals surface area contributed by atoms with Crippen LogP contribution in [0.3, 0.4) is 0 Å². The minimum Gasteiger partial charge on any atom is -0.395 e. The van der Waals surface area contributed by atoms with Crippen molar-refractivity contribution in [2.24, 2.45) is 0 Å². The molecule has 1 aromatic rings. The van der Waals surface area contributed by atoms with Gasteiger partial charge < -0.3 is 15.5 Å². The van der Waals surface area contributed by atoms with Gasteiger partial charge in [0.15, 0.2) is 5.82 Å². The summed E-state index contributed by atoms with van der Waals surface area (Å²) in [5, 5.41) is 0. The molecule has 1 aliphatic rings. The SMILES string of the molecule is CC1CN(C)CCCN1c1cc(F)cc(F)c1N. The van der Waals surface area contributed by atoms with Crippen molar-refractivity contribution in [1.82, 2.24) is 4.90 Å². The molecule has 0 amide bonds. The Kier molecular flexibility index (Phi) is 3.71. The van der Waals surface area contributed by atoms with E-state index in [1.54, 1.807) is 0 Å². The van der Waals surface area contributed by atoms with Gasteiger partial charge in [0.1, 0.15) is 5.82 Å². The minimum atomic E-state index is -0.685. The van der Waals surface area contributed by atoms with Gasteiger partial charge in [-0.1, -0.05) is 0 Å². The van der Waals surface area contributed by atoms with Crippen LogP contribution in [0.1, 0.15) is 13.3 Å². The molecule has 1 aliphatic heterocycles. The third kappa shape index (κ3) is 2.56. The zero-order chi connectivity index (χ0) is 13.3. The molecule has 1 fully saturated rings. The van der Waals surface area contributed by atoms with Gasteiger partial charge in [-0.15, -0.1) is 0 Å². The molecule has 0 bridgehead atoms. The van der Waals surface area contributed by atoms with Crippen LogP contribution < -0.4 is 10.6 Å². The molecule has 1 saturated heterocycles. The molecule has 2 rings (SSSR count). The molecular weight excluding hydrogens is 236 g/mol. The summed E-state index contributed by atoms with van der Waals surface area (Å²) in [5.74, 6) is -1.27. The lowest BCUT2D eigenvalue weighted by atomic mass is 10.2. The topological polar surface area (TPSA) is 32.5 Å². The third-order valence-electron chi connectivity index (χ3n) is 3.43. The van der Waals surface area contributed by atoms with Gasteiger partial charge in [-0.3, -0.25) is 0 Å². The van der Waals surface area contributed by atoms with E-state index in [0.717, 1.165) is 32.1 Å². The van der Waals surface area contributed by atoms with E-state index < -0.39 is 11.6 Å². The van der Waals surface area contributed by atoms with Crippen molar-refractivity contribution < 1.29 is 8.78 Å².